The van der Waals surface area contributed by atoms with Crippen LogP contribution in [-0.4, -0.2) is 20.1 Å². The average molecular weight is 309 g/mol. The summed E-state index contributed by atoms with van der Waals surface area (Å²) >= 11 is 0. The smallest absolute Gasteiger partial charge is 0.319 e. The topological polar surface area (TPSA) is 44.4 Å². The van der Waals surface area contributed by atoms with Gasteiger partial charge in [0.05, 0.1) is 5.54 Å². The predicted molar refractivity (Wildman–Crippen MR) is 95.0 cm³/mol. The number of carbonyl (C=O) groups is 1. The molecule has 0 radical (unpaired) electrons. The molecule has 2 aromatic carbocycles. The van der Waals surface area contributed by atoms with E-state index < -0.39 is 0 Å². The van der Waals surface area contributed by atoms with Gasteiger partial charge in [0.25, 0.3) is 0 Å². The lowest BCUT2D eigenvalue weighted by molar-refractivity contribution is 0.247. The Morgan fingerprint density at radius 2 is 1.61 bits per heavy atom. The number of nitrogens with one attached hydrogen (secondary N) is 2. The fourth-order valence-electron chi connectivity index (χ4n) is 2.71. The normalized spacial score (nSPS) is 14.9. The van der Waals surface area contributed by atoms with E-state index in [2.05, 4.69) is 41.8 Å². The van der Waals surface area contributed by atoms with Crippen molar-refractivity contribution in [2.24, 2.45) is 0 Å². The fraction of sp³-hybridized carbons (Fsp3) is 0.316. The quantitative estimate of drug-likeness (QED) is 0.900. The summed E-state index contributed by atoms with van der Waals surface area (Å²) in [6.07, 6.45) is 1.98. The highest BCUT2D eigenvalue weighted by atomic mass is 16.2. The third-order valence-electron chi connectivity index (χ3n) is 4.35. The molecule has 0 spiro atoms. The molecule has 0 aliphatic heterocycles. The molecule has 2 N–H and O–H groups in total. The molecular formula is C19H23N3O. The second kappa shape index (κ2) is 5.95. The van der Waals surface area contributed by atoms with Gasteiger partial charge in [-0.25, -0.2) is 4.79 Å². The SMILES string of the molecule is Cc1ccc(C2(NC(=O)Nc3ccc(N(C)C)cc3)CC2)cc1. The van der Waals surface area contributed by atoms with Crippen molar-refractivity contribution >= 4 is 17.4 Å². The molecule has 4 nitrogen and oxygen atoms in total. The third-order valence-corrected chi connectivity index (χ3v) is 4.35. The Bertz CT molecular complexity index is 686. The fourth-order valence-corrected chi connectivity index (χ4v) is 2.71. The molecule has 1 aliphatic rings. The van der Waals surface area contributed by atoms with Crippen LogP contribution in [-0.2, 0) is 5.54 Å². The Labute approximate surface area is 137 Å². The Morgan fingerprint density at radius 1 is 1.00 bits per heavy atom. The lowest BCUT2D eigenvalue weighted by Crippen LogP contribution is -2.38. The number of amides is 2. The second-order valence-corrected chi connectivity index (χ2v) is 6.47. The van der Waals surface area contributed by atoms with Gasteiger partial charge in [0.15, 0.2) is 0 Å². The summed E-state index contributed by atoms with van der Waals surface area (Å²) in [4.78, 5) is 14.3. The van der Waals surface area contributed by atoms with Crippen LogP contribution in [0.5, 0.6) is 0 Å². The van der Waals surface area contributed by atoms with E-state index in [1.807, 2.05) is 43.3 Å². The van der Waals surface area contributed by atoms with Crippen LogP contribution in [0.1, 0.15) is 24.0 Å². The van der Waals surface area contributed by atoms with Gasteiger partial charge in [-0.15, -0.1) is 0 Å². The summed E-state index contributed by atoms with van der Waals surface area (Å²) in [5.41, 5.74) is 4.12. The summed E-state index contributed by atoms with van der Waals surface area (Å²) in [6.45, 7) is 2.07. The Balaban J connectivity index is 1.64. The highest BCUT2D eigenvalue weighted by Crippen LogP contribution is 2.45. The first-order chi connectivity index (χ1) is 11.0. The number of aryl methyl sites for hydroxylation is 1. The van der Waals surface area contributed by atoms with Crippen LogP contribution >= 0.6 is 0 Å². The number of hydrogen-bond donors (Lipinski definition) is 2. The van der Waals surface area contributed by atoms with Crippen LogP contribution in [0, 0.1) is 6.92 Å². The molecule has 1 aliphatic carbocycles. The molecule has 0 saturated heterocycles. The van der Waals surface area contributed by atoms with Crippen LogP contribution < -0.4 is 15.5 Å². The lowest BCUT2D eigenvalue weighted by atomic mass is 10.0. The Morgan fingerprint density at radius 3 is 2.13 bits per heavy atom. The molecule has 0 atom stereocenters. The van der Waals surface area contributed by atoms with Gasteiger partial charge < -0.3 is 15.5 Å². The van der Waals surface area contributed by atoms with E-state index in [1.165, 1.54) is 11.1 Å². The Hall–Kier alpha value is -2.49. The van der Waals surface area contributed by atoms with Crippen molar-refractivity contribution in [3.05, 3.63) is 59.7 Å². The maximum absolute atomic E-state index is 12.3. The van der Waals surface area contributed by atoms with Gasteiger partial charge in [0.1, 0.15) is 0 Å². The molecular weight excluding hydrogens is 286 g/mol. The largest absolute Gasteiger partial charge is 0.378 e. The van der Waals surface area contributed by atoms with Gasteiger partial charge >= 0.3 is 6.03 Å². The summed E-state index contributed by atoms with van der Waals surface area (Å²) in [7, 11) is 3.99. The summed E-state index contributed by atoms with van der Waals surface area (Å²) in [5.74, 6) is 0. The third kappa shape index (κ3) is 3.47. The second-order valence-electron chi connectivity index (χ2n) is 6.47. The summed E-state index contributed by atoms with van der Waals surface area (Å²) in [6, 6.07) is 16.1. The molecule has 1 fully saturated rings. The average Bonchev–Trinajstić information content (AvgIpc) is 3.29. The minimum Gasteiger partial charge on any atom is -0.378 e. The number of nitrogens with zero attached hydrogens (tertiary/aromatic N) is 1. The van der Waals surface area contributed by atoms with E-state index in [1.54, 1.807) is 0 Å². The van der Waals surface area contributed by atoms with Gasteiger partial charge in [0.2, 0.25) is 0 Å². The number of rotatable bonds is 4. The molecule has 3 rings (SSSR count). The minimum atomic E-state index is -0.193. The van der Waals surface area contributed by atoms with E-state index in [4.69, 9.17) is 0 Å². The van der Waals surface area contributed by atoms with Gasteiger partial charge in [-0.1, -0.05) is 29.8 Å². The van der Waals surface area contributed by atoms with E-state index in [0.717, 1.165) is 24.2 Å². The van der Waals surface area contributed by atoms with E-state index in [-0.39, 0.29) is 11.6 Å². The molecule has 0 unspecified atom stereocenters. The van der Waals surface area contributed by atoms with Gasteiger partial charge in [-0.3, -0.25) is 0 Å². The molecule has 0 aromatic heterocycles. The van der Waals surface area contributed by atoms with E-state index in [9.17, 15) is 4.79 Å². The van der Waals surface area contributed by atoms with E-state index in [0.29, 0.717) is 0 Å². The lowest BCUT2D eigenvalue weighted by Gasteiger charge is -2.19. The number of urea groups is 1. The minimum absolute atomic E-state index is 0.152. The summed E-state index contributed by atoms with van der Waals surface area (Å²) < 4.78 is 0. The van der Waals surface area contributed by atoms with Crippen LogP contribution in [0.4, 0.5) is 16.2 Å². The van der Waals surface area contributed by atoms with Crippen LogP contribution in [0.2, 0.25) is 0 Å². The molecule has 4 heteroatoms. The summed E-state index contributed by atoms with van der Waals surface area (Å²) in [5, 5.41) is 6.05. The number of anilines is 2. The van der Waals surface area contributed by atoms with E-state index >= 15 is 0 Å². The zero-order valence-corrected chi connectivity index (χ0v) is 13.9. The number of hydrogen-bond acceptors (Lipinski definition) is 2. The zero-order valence-electron chi connectivity index (χ0n) is 13.9. The monoisotopic (exact) mass is 309 g/mol. The highest BCUT2D eigenvalue weighted by molar-refractivity contribution is 5.90. The van der Waals surface area contributed by atoms with Gasteiger partial charge in [-0.05, 0) is 49.6 Å². The van der Waals surface area contributed by atoms with Crippen LogP contribution in [0.15, 0.2) is 48.5 Å². The number of benzene rings is 2. The van der Waals surface area contributed by atoms with Crippen molar-refractivity contribution < 1.29 is 4.79 Å². The number of carbonyl (C=O) groups excluding carboxylic acids is 1. The molecule has 2 amide bonds. The van der Waals surface area contributed by atoms with Crippen molar-refractivity contribution in [2.75, 3.05) is 24.3 Å². The van der Waals surface area contributed by atoms with Crippen LogP contribution in [0.25, 0.3) is 0 Å². The standard InChI is InChI=1S/C19H23N3O/c1-14-4-6-15(7-5-14)19(12-13-19)21-18(23)20-16-8-10-17(11-9-16)22(2)3/h4-11H,12-13H2,1-3H3,(H2,20,21,23). The van der Waals surface area contributed by atoms with Crippen molar-refractivity contribution in [3.63, 3.8) is 0 Å². The van der Waals surface area contributed by atoms with Crippen molar-refractivity contribution in [2.45, 2.75) is 25.3 Å². The molecule has 120 valence electrons. The van der Waals surface area contributed by atoms with Crippen molar-refractivity contribution in [1.29, 1.82) is 0 Å². The first-order valence-corrected chi connectivity index (χ1v) is 7.92. The highest BCUT2D eigenvalue weighted by Gasteiger charge is 2.45. The maximum atomic E-state index is 12.3. The zero-order chi connectivity index (χ0) is 16.4. The van der Waals surface area contributed by atoms with Crippen molar-refractivity contribution in [3.8, 4) is 0 Å². The molecule has 1 saturated carbocycles. The van der Waals surface area contributed by atoms with Crippen molar-refractivity contribution in [1.82, 2.24) is 5.32 Å². The van der Waals surface area contributed by atoms with Gasteiger partial charge in [-0.2, -0.15) is 0 Å². The first kappa shape index (κ1) is 15.4. The first-order valence-electron chi connectivity index (χ1n) is 7.92. The predicted octanol–water partition coefficient (Wildman–Crippen LogP) is 3.87. The molecule has 0 heterocycles. The Kier molecular flexibility index (Phi) is 3.99. The van der Waals surface area contributed by atoms with Crippen LogP contribution in [0.3, 0.4) is 0 Å². The van der Waals surface area contributed by atoms with Gasteiger partial charge in [0, 0.05) is 25.5 Å². The molecule has 23 heavy (non-hydrogen) atoms. The maximum Gasteiger partial charge on any atom is 0.319 e. The molecule has 2 aromatic rings. The molecule has 0 bridgehead atoms.